The molecule has 0 fully saturated rings. The molecule has 7 nitrogen and oxygen atoms in total. The number of para-hydroxylation sites is 3. The van der Waals surface area contributed by atoms with Gasteiger partial charge in [-0.25, -0.2) is 14.7 Å². The van der Waals surface area contributed by atoms with E-state index in [0.29, 0.717) is 23.3 Å². The summed E-state index contributed by atoms with van der Waals surface area (Å²) in [5.74, 6) is 3.00. The number of anilines is 2. The molecule has 0 bridgehead atoms. The number of aromatic nitrogens is 2. The molecule has 1 N–H and O–H groups in total. The van der Waals surface area contributed by atoms with Gasteiger partial charge in [0.2, 0.25) is 0 Å². The summed E-state index contributed by atoms with van der Waals surface area (Å²) < 4.78 is 7.81. The normalized spacial score (nSPS) is 15.1. The molecule has 0 saturated heterocycles. The number of aliphatic imine (C=N–C) groups is 2. The van der Waals surface area contributed by atoms with Crippen molar-refractivity contribution in [3.63, 3.8) is 0 Å². The molecule has 0 spiro atoms. The lowest BCUT2D eigenvalue weighted by Gasteiger charge is -2.40. The first kappa shape index (κ1) is 27.0. The summed E-state index contributed by atoms with van der Waals surface area (Å²) in [7, 11) is 0. The number of amidine groups is 2. The van der Waals surface area contributed by atoms with Crippen molar-refractivity contribution >= 4 is 46.2 Å². The van der Waals surface area contributed by atoms with Crippen molar-refractivity contribution in [3.8, 4) is 11.4 Å². The number of nitrogens with zero attached hydrogens (tertiary/aromatic N) is 5. The Morgan fingerprint density at radius 2 is 1.60 bits per heavy atom. The van der Waals surface area contributed by atoms with Crippen LogP contribution in [0.25, 0.3) is 5.69 Å². The fourth-order valence-electron chi connectivity index (χ4n) is 5.61. The maximum Gasteiger partial charge on any atom is 0.179 e. The van der Waals surface area contributed by atoms with E-state index in [0.717, 1.165) is 64.0 Å². The summed E-state index contributed by atoms with van der Waals surface area (Å²) in [5, 5.41) is 9.26. The number of hydrogen-bond acceptors (Lipinski definition) is 6. The minimum absolute atomic E-state index is 0.208. The summed E-state index contributed by atoms with van der Waals surface area (Å²) in [6, 6.07) is 34.1. The number of ether oxygens (including phenoxy) is 1. The number of aryl methyl sites for hydroxylation is 1. The maximum atomic E-state index is 6.35. The van der Waals surface area contributed by atoms with Crippen molar-refractivity contribution in [1.82, 2.24) is 9.78 Å². The van der Waals surface area contributed by atoms with Gasteiger partial charge in [-0.05, 0) is 79.6 Å². The summed E-state index contributed by atoms with van der Waals surface area (Å²) in [4.78, 5) is 12.7. The smallest absolute Gasteiger partial charge is 0.179 e. The standard InChI is InChI=1S/C35H31ClN6O/c1-3-4-22-43-28-20-18-26(19-21-28)37-33-35-39-34-31(23(2)40-42(34)27-10-6-5-7-11-27)32(24-14-16-25(36)17-15-24)41(35)30-13-9-8-12-29(30)38-33/h5-21,32H,3-4,22H2,1-2H3,(H,37,38)/t32-/m0/s1. The Morgan fingerprint density at radius 1 is 0.860 bits per heavy atom. The van der Waals surface area contributed by atoms with Crippen LogP contribution in [0.1, 0.15) is 42.6 Å². The van der Waals surface area contributed by atoms with Crippen LogP contribution >= 0.6 is 11.6 Å². The van der Waals surface area contributed by atoms with E-state index in [-0.39, 0.29) is 6.04 Å². The zero-order valence-corrected chi connectivity index (χ0v) is 24.8. The van der Waals surface area contributed by atoms with Crippen molar-refractivity contribution in [2.24, 2.45) is 9.98 Å². The van der Waals surface area contributed by atoms with Crippen LogP contribution < -0.4 is 15.0 Å². The molecule has 2 aliphatic rings. The summed E-state index contributed by atoms with van der Waals surface area (Å²) >= 11 is 6.35. The maximum absolute atomic E-state index is 6.35. The van der Waals surface area contributed by atoms with E-state index in [9.17, 15) is 0 Å². The lowest BCUT2D eigenvalue weighted by molar-refractivity contribution is 0.309. The average molecular weight is 587 g/mol. The van der Waals surface area contributed by atoms with Crippen LogP contribution in [0.3, 0.4) is 0 Å². The predicted octanol–water partition coefficient (Wildman–Crippen LogP) is 8.81. The van der Waals surface area contributed by atoms with E-state index >= 15 is 0 Å². The van der Waals surface area contributed by atoms with Crippen molar-refractivity contribution in [2.45, 2.75) is 32.7 Å². The SMILES string of the molecule is CCCCOc1ccc(NC2=Nc3ccccc3N3C2=Nc2c(c(C)nn2-c2ccccc2)[C@@H]3c2ccc(Cl)cc2)cc1. The lowest BCUT2D eigenvalue weighted by Crippen LogP contribution is -2.46. The molecule has 0 radical (unpaired) electrons. The number of fused-ring (bicyclic) bond motifs is 4. The van der Waals surface area contributed by atoms with Gasteiger partial charge in [0.05, 0.1) is 35.4 Å². The first-order valence-electron chi connectivity index (χ1n) is 14.6. The second kappa shape index (κ2) is 11.4. The molecule has 5 aromatic rings. The van der Waals surface area contributed by atoms with E-state index in [4.69, 9.17) is 31.4 Å². The Balaban J connectivity index is 1.38. The van der Waals surface area contributed by atoms with Crippen LogP contribution in [0, 0.1) is 6.92 Å². The number of hydrogen-bond donors (Lipinski definition) is 1. The van der Waals surface area contributed by atoms with Gasteiger partial charge in [0.1, 0.15) is 5.75 Å². The Hall–Kier alpha value is -4.88. The third-order valence-corrected chi connectivity index (χ3v) is 7.96. The number of nitrogens with one attached hydrogen (secondary N) is 1. The lowest BCUT2D eigenvalue weighted by atomic mass is 9.93. The van der Waals surface area contributed by atoms with E-state index in [1.54, 1.807) is 0 Å². The highest BCUT2D eigenvalue weighted by atomic mass is 35.5. The van der Waals surface area contributed by atoms with E-state index in [1.807, 2.05) is 89.6 Å². The molecule has 0 saturated carbocycles. The van der Waals surface area contributed by atoms with Gasteiger partial charge < -0.3 is 15.0 Å². The topological polar surface area (TPSA) is 67.0 Å². The summed E-state index contributed by atoms with van der Waals surface area (Å²) in [6.45, 7) is 4.92. The van der Waals surface area contributed by atoms with E-state index in [2.05, 4.69) is 42.3 Å². The second-order valence-electron chi connectivity index (χ2n) is 10.6. The van der Waals surface area contributed by atoms with Crippen LogP contribution in [0.15, 0.2) is 113 Å². The molecule has 43 heavy (non-hydrogen) atoms. The zero-order chi connectivity index (χ0) is 29.3. The average Bonchev–Trinajstić information content (AvgIpc) is 3.38. The first-order chi connectivity index (χ1) is 21.1. The number of halogens is 1. The van der Waals surface area contributed by atoms with Gasteiger partial charge in [0, 0.05) is 16.3 Å². The van der Waals surface area contributed by atoms with Gasteiger partial charge in [0.15, 0.2) is 17.5 Å². The third-order valence-electron chi connectivity index (χ3n) is 7.71. The largest absolute Gasteiger partial charge is 0.494 e. The van der Waals surface area contributed by atoms with Gasteiger partial charge in [-0.15, -0.1) is 0 Å². The van der Waals surface area contributed by atoms with Gasteiger partial charge in [0.25, 0.3) is 0 Å². The highest BCUT2D eigenvalue weighted by Gasteiger charge is 2.41. The third kappa shape index (κ3) is 5.06. The van der Waals surface area contributed by atoms with Crippen LogP contribution in [-0.4, -0.2) is 28.1 Å². The molecule has 4 aromatic carbocycles. The van der Waals surface area contributed by atoms with E-state index < -0.39 is 0 Å². The minimum Gasteiger partial charge on any atom is -0.494 e. The van der Waals surface area contributed by atoms with Crippen molar-refractivity contribution in [2.75, 3.05) is 16.8 Å². The van der Waals surface area contributed by atoms with Gasteiger partial charge in [-0.2, -0.15) is 5.10 Å². The highest BCUT2D eigenvalue weighted by Crippen LogP contribution is 2.48. The number of rotatable bonds is 7. The molecule has 8 heteroatoms. The molecular formula is C35H31ClN6O. The number of unbranched alkanes of at least 4 members (excludes halogenated alkanes) is 1. The summed E-state index contributed by atoms with van der Waals surface area (Å²) in [6.07, 6.45) is 2.13. The molecule has 1 aromatic heterocycles. The Morgan fingerprint density at radius 3 is 2.37 bits per heavy atom. The van der Waals surface area contributed by atoms with Crippen molar-refractivity contribution < 1.29 is 4.74 Å². The quantitative estimate of drug-likeness (QED) is 0.193. The minimum atomic E-state index is -0.208. The molecule has 3 heterocycles. The van der Waals surface area contributed by atoms with Crippen LogP contribution in [-0.2, 0) is 0 Å². The first-order valence-corrected chi connectivity index (χ1v) is 14.9. The van der Waals surface area contributed by atoms with Crippen LogP contribution in [0.2, 0.25) is 5.02 Å². The molecule has 214 valence electrons. The number of benzene rings is 4. The monoisotopic (exact) mass is 586 g/mol. The van der Waals surface area contributed by atoms with Gasteiger partial charge >= 0.3 is 0 Å². The van der Waals surface area contributed by atoms with Crippen molar-refractivity contribution in [3.05, 3.63) is 125 Å². The molecule has 1 atom stereocenters. The molecular weight excluding hydrogens is 556 g/mol. The Kier molecular flexibility index (Phi) is 7.17. The molecule has 7 rings (SSSR count). The molecule has 0 aliphatic carbocycles. The zero-order valence-electron chi connectivity index (χ0n) is 24.0. The fourth-order valence-corrected chi connectivity index (χ4v) is 5.74. The second-order valence-corrected chi connectivity index (χ2v) is 11.1. The van der Waals surface area contributed by atoms with Crippen LogP contribution in [0.5, 0.6) is 5.75 Å². The predicted molar refractivity (Wildman–Crippen MR) is 175 cm³/mol. The van der Waals surface area contributed by atoms with Gasteiger partial charge in [-0.1, -0.05) is 67.4 Å². The Bertz CT molecular complexity index is 1830. The highest BCUT2D eigenvalue weighted by molar-refractivity contribution is 6.51. The summed E-state index contributed by atoms with van der Waals surface area (Å²) in [5.41, 5.74) is 6.71. The fraction of sp³-hybridized carbons (Fsp3) is 0.171. The van der Waals surface area contributed by atoms with E-state index in [1.165, 1.54) is 0 Å². The molecule has 0 amide bonds. The van der Waals surface area contributed by atoms with Gasteiger partial charge in [-0.3, -0.25) is 0 Å². The van der Waals surface area contributed by atoms with Crippen LogP contribution in [0.4, 0.5) is 22.9 Å². The van der Waals surface area contributed by atoms with Crippen molar-refractivity contribution in [1.29, 1.82) is 0 Å². The molecule has 0 unspecified atom stereocenters. The Labute approximate surface area is 256 Å². The molecule has 2 aliphatic heterocycles.